The van der Waals surface area contributed by atoms with Gasteiger partial charge < -0.3 is 20.3 Å². The van der Waals surface area contributed by atoms with E-state index in [9.17, 15) is 4.79 Å². The van der Waals surface area contributed by atoms with Crippen LogP contribution >= 0.6 is 0 Å². The zero-order valence-electron chi connectivity index (χ0n) is 13.1. The molecule has 21 heavy (non-hydrogen) atoms. The highest BCUT2D eigenvalue weighted by molar-refractivity contribution is 5.67. The predicted octanol–water partition coefficient (Wildman–Crippen LogP) is 2.04. The molecule has 1 unspecified atom stereocenters. The van der Waals surface area contributed by atoms with E-state index in [2.05, 4.69) is 52.3 Å². The third-order valence-electron chi connectivity index (χ3n) is 3.88. The van der Waals surface area contributed by atoms with E-state index in [4.69, 9.17) is 0 Å². The molecule has 0 aromatic heterocycles. The van der Waals surface area contributed by atoms with Crippen LogP contribution in [0.3, 0.4) is 0 Å². The summed E-state index contributed by atoms with van der Waals surface area (Å²) in [5, 5.41) is 6.22. The molecule has 5 nitrogen and oxygen atoms in total. The summed E-state index contributed by atoms with van der Waals surface area (Å²) >= 11 is 0. The Hall–Kier alpha value is -1.75. The summed E-state index contributed by atoms with van der Waals surface area (Å²) in [6.45, 7) is 7.94. The average molecular weight is 291 g/mol. The van der Waals surface area contributed by atoms with Gasteiger partial charge in [-0.05, 0) is 37.1 Å². The summed E-state index contributed by atoms with van der Waals surface area (Å²) in [5.41, 5.74) is 3.84. The number of amides is 1. The fourth-order valence-corrected chi connectivity index (χ4v) is 2.77. The van der Waals surface area contributed by atoms with Gasteiger partial charge >= 0.3 is 6.09 Å². The molecule has 2 N–H and O–H groups in total. The number of carbonyl (C=O) groups excluding carboxylic acids is 1. The Morgan fingerprint density at radius 3 is 2.95 bits per heavy atom. The minimum Gasteiger partial charge on any atom is -0.453 e. The molecule has 116 valence electrons. The van der Waals surface area contributed by atoms with Crippen molar-refractivity contribution in [3.8, 4) is 0 Å². The summed E-state index contributed by atoms with van der Waals surface area (Å²) < 4.78 is 4.65. The molecule has 0 radical (unpaired) electrons. The zero-order chi connectivity index (χ0) is 15.2. The average Bonchev–Trinajstić information content (AvgIpc) is 2.93. The normalized spacial score (nSPS) is 17.9. The molecule has 0 saturated carbocycles. The molecule has 1 aromatic carbocycles. The molecular formula is C16H25N3O2. The Bertz CT molecular complexity index is 490. The Kier molecular flexibility index (Phi) is 5.44. The number of alkyl carbamates (subject to hydrolysis) is 1. The maximum Gasteiger partial charge on any atom is 0.407 e. The Balaban J connectivity index is 1.98. The summed E-state index contributed by atoms with van der Waals surface area (Å²) in [7, 11) is 1.40. The van der Waals surface area contributed by atoms with Gasteiger partial charge in [-0.3, -0.25) is 0 Å². The van der Waals surface area contributed by atoms with Gasteiger partial charge in [-0.15, -0.1) is 0 Å². The fraction of sp³-hybridized carbons (Fsp3) is 0.562. The van der Waals surface area contributed by atoms with E-state index in [0.717, 1.165) is 32.6 Å². The first-order valence-corrected chi connectivity index (χ1v) is 7.53. The zero-order valence-corrected chi connectivity index (χ0v) is 13.1. The largest absolute Gasteiger partial charge is 0.453 e. The predicted molar refractivity (Wildman–Crippen MR) is 84.7 cm³/mol. The van der Waals surface area contributed by atoms with Crippen molar-refractivity contribution in [1.29, 1.82) is 0 Å². The smallest absolute Gasteiger partial charge is 0.407 e. The number of rotatable bonds is 5. The van der Waals surface area contributed by atoms with Gasteiger partial charge in [-0.2, -0.15) is 0 Å². The molecule has 5 heteroatoms. The highest BCUT2D eigenvalue weighted by Gasteiger charge is 2.25. The summed E-state index contributed by atoms with van der Waals surface area (Å²) in [6.07, 6.45) is 0.604. The highest BCUT2D eigenvalue weighted by atomic mass is 16.5. The third kappa shape index (κ3) is 4.11. The molecule has 1 amide bonds. The molecule has 0 aliphatic carbocycles. The number of nitrogens with one attached hydrogen (secondary N) is 2. The van der Waals surface area contributed by atoms with Crippen molar-refractivity contribution in [3.05, 3.63) is 29.3 Å². The number of nitrogens with zero attached hydrogens (tertiary/aromatic N) is 1. The molecule has 1 saturated heterocycles. The van der Waals surface area contributed by atoms with Crippen molar-refractivity contribution in [2.24, 2.45) is 0 Å². The van der Waals surface area contributed by atoms with Crippen molar-refractivity contribution >= 4 is 11.8 Å². The SMILES string of the molecule is CCNCc1ccc(N2CCC(NC(=O)OC)C2)c(C)c1. The van der Waals surface area contributed by atoms with E-state index in [1.807, 2.05) is 0 Å². The van der Waals surface area contributed by atoms with Crippen LogP contribution in [0.15, 0.2) is 18.2 Å². The van der Waals surface area contributed by atoms with Gasteiger partial charge in [0.2, 0.25) is 0 Å². The number of hydrogen-bond acceptors (Lipinski definition) is 4. The highest BCUT2D eigenvalue weighted by Crippen LogP contribution is 2.25. The van der Waals surface area contributed by atoms with E-state index < -0.39 is 0 Å². The van der Waals surface area contributed by atoms with Crippen LogP contribution in [0, 0.1) is 6.92 Å². The van der Waals surface area contributed by atoms with Crippen LogP contribution in [0.25, 0.3) is 0 Å². The number of methoxy groups -OCH3 is 1. The van der Waals surface area contributed by atoms with E-state index in [0.29, 0.717) is 0 Å². The van der Waals surface area contributed by atoms with Gasteiger partial charge in [0.1, 0.15) is 0 Å². The second-order valence-corrected chi connectivity index (χ2v) is 5.47. The Morgan fingerprint density at radius 1 is 1.48 bits per heavy atom. The van der Waals surface area contributed by atoms with Crippen LogP contribution < -0.4 is 15.5 Å². The lowest BCUT2D eigenvalue weighted by molar-refractivity contribution is 0.167. The maximum atomic E-state index is 11.3. The lowest BCUT2D eigenvalue weighted by Gasteiger charge is -2.21. The molecular weight excluding hydrogens is 266 g/mol. The Morgan fingerprint density at radius 2 is 2.29 bits per heavy atom. The van der Waals surface area contributed by atoms with Crippen LogP contribution in [0.5, 0.6) is 0 Å². The van der Waals surface area contributed by atoms with Crippen LogP contribution in [0.2, 0.25) is 0 Å². The van der Waals surface area contributed by atoms with Crippen LogP contribution in [0.1, 0.15) is 24.5 Å². The number of ether oxygens (including phenoxy) is 1. The van der Waals surface area contributed by atoms with E-state index >= 15 is 0 Å². The quantitative estimate of drug-likeness (QED) is 0.871. The monoisotopic (exact) mass is 291 g/mol. The molecule has 0 spiro atoms. The fourth-order valence-electron chi connectivity index (χ4n) is 2.77. The van der Waals surface area contributed by atoms with Gasteiger partial charge in [-0.25, -0.2) is 4.79 Å². The first-order valence-electron chi connectivity index (χ1n) is 7.53. The molecule has 1 aromatic rings. The number of benzene rings is 1. The second kappa shape index (κ2) is 7.31. The lowest BCUT2D eigenvalue weighted by atomic mass is 10.1. The van der Waals surface area contributed by atoms with E-state index in [1.54, 1.807) is 0 Å². The number of anilines is 1. The van der Waals surface area contributed by atoms with Crippen LogP contribution in [-0.2, 0) is 11.3 Å². The molecule has 1 aliphatic rings. The first kappa shape index (κ1) is 15.6. The van der Waals surface area contributed by atoms with E-state index in [-0.39, 0.29) is 12.1 Å². The Labute approximate surface area is 126 Å². The van der Waals surface area contributed by atoms with Crippen molar-refractivity contribution in [1.82, 2.24) is 10.6 Å². The molecule has 1 heterocycles. The molecule has 0 bridgehead atoms. The van der Waals surface area contributed by atoms with Gasteiger partial charge in [0.15, 0.2) is 0 Å². The first-order chi connectivity index (χ1) is 10.1. The van der Waals surface area contributed by atoms with Gasteiger partial charge in [0.05, 0.1) is 13.2 Å². The van der Waals surface area contributed by atoms with Gasteiger partial charge in [0, 0.05) is 25.3 Å². The molecule has 1 fully saturated rings. The van der Waals surface area contributed by atoms with Crippen molar-refractivity contribution < 1.29 is 9.53 Å². The minimum atomic E-state index is -0.348. The molecule has 2 rings (SSSR count). The summed E-state index contributed by atoms with van der Waals surface area (Å²) in [4.78, 5) is 13.6. The van der Waals surface area contributed by atoms with Crippen LogP contribution in [-0.4, -0.2) is 38.9 Å². The maximum absolute atomic E-state index is 11.3. The topological polar surface area (TPSA) is 53.6 Å². The minimum absolute atomic E-state index is 0.165. The van der Waals surface area contributed by atoms with Crippen molar-refractivity contribution in [2.45, 2.75) is 32.9 Å². The lowest BCUT2D eigenvalue weighted by Crippen LogP contribution is -2.37. The van der Waals surface area contributed by atoms with Gasteiger partial charge in [0.25, 0.3) is 0 Å². The molecule has 1 atom stereocenters. The van der Waals surface area contributed by atoms with E-state index in [1.165, 1.54) is 23.9 Å². The van der Waals surface area contributed by atoms with Crippen molar-refractivity contribution in [3.63, 3.8) is 0 Å². The summed E-state index contributed by atoms with van der Waals surface area (Å²) in [5.74, 6) is 0. The number of carbonyl (C=O) groups is 1. The standard InChI is InChI=1S/C16H25N3O2/c1-4-17-10-13-5-6-15(12(2)9-13)19-8-7-14(11-19)18-16(20)21-3/h5-6,9,14,17H,4,7-8,10-11H2,1-3H3,(H,18,20). The molecule has 1 aliphatic heterocycles. The third-order valence-corrected chi connectivity index (χ3v) is 3.88. The second-order valence-electron chi connectivity index (χ2n) is 5.47. The number of aryl methyl sites for hydroxylation is 1. The van der Waals surface area contributed by atoms with Gasteiger partial charge in [-0.1, -0.05) is 19.1 Å². The van der Waals surface area contributed by atoms with Crippen LogP contribution in [0.4, 0.5) is 10.5 Å². The summed E-state index contributed by atoms with van der Waals surface area (Å²) in [6, 6.07) is 6.76. The van der Waals surface area contributed by atoms with Crippen molar-refractivity contribution in [2.75, 3.05) is 31.6 Å². The number of hydrogen-bond donors (Lipinski definition) is 2.